The van der Waals surface area contributed by atoms with Crippen LogP contribution in [0.25, 0.3) is 0 Å². The molecule has 4 rings (SSSR count). The standard InChI is InChI=1S/C22H26ClN5O2/c1-26(14-16-8-9-16)10-4-7-21(29)27-11-12-28-19(13-24-20(28)15-27)22(30)25-18-6-3-2-5-17(18)23/h2-7,13,16H,8-12,14-15H2,1H3,(H,25,30)/b7-4+. The van der Waals surface area contributed by atoms with Crippen LogP contribution in [0.15, 0.2) is 42.6 Å². The third-order valence-corrected chi connectivity index (χ3v) is 5.80. The molecule has 1 aliphatic heterocycles. The van der Waals surface area contributed by atoms with Crippen LogP contribution in [0, 0.1) is 5.92 Å². The number of likely N-dealkylation sites (N-methyl/N-ethyl adjacent to an activating group) is 1. The minimum atomic E-state index is -0.264. The number of rotatable bonds is 7. The molecule has 0 atom stereocenters. The van der Waals surface area contributed by atoms with Crippen LogP contribution in [0.5, 0.6) is 0 Å². The topological polar surface area (TPSA) is 70.5 Å². The predicted molar refractivity (Wildman–Crippen MR) is 116 cm³/mol. The summed E-state index contributed by atoms with van der Waals surface area (Å²) >= 11 is 6.13. The van der Waals surface area contributed by atoms with Crippen molar-refractivity contribution in [2.75, 3.05) is 32.0 Å². The number of para-hydroxylation sites is 1. The number of imidazole rings is 1. The first-order chi connectivity index (χ1) is 14.5. The Balaban J connectivity index is 1.34. The molecule has 2 aliphatic rings. The maximum atomic E-state index is 12.7. The highest BCUT2D eigenvalue weighted by Gasteiger charge is 2.25. The van der Waals surface area contributed by atoms with Gasteiger partial charge in [-0.15, -0.1) is 0 Å². The lowest BCUT2D eigenvalue weighted by molar-refractivity contribution is -0.127. The number of hydrogen-bond acceptors (Lipinski definition) is 4. The Hall–Kier alpha value is -2.64. The number of nitrogens with zero attached hydrogens (tertiary/aromatic N) is 4. The van der Waals surface area contributed by atoms with Gasteiger partial charge in [0.15, 0.2) is 0 Å². The lowest BCUT2D eigenvalue weighted by Crippen LogP contribution is -2.38. The fraction of sp³-hybridized carbons (Fsp3) is 0.409. The molecule has 0 bridgehead atoms. The number of aromatic nitrogens is 2. The molecule has 2 amide bonds. The summed E-state index contributed by atoms with van der Waals surface area (Å²) in [5.74, 6) is 1.26. The summed E-state index contributed by atoms with van der Waals surface area (Å²) in [5, 5.41) is 3.31. The van der Waals surface area contributed by atoms with E-state index in [-0.39, 0.29) is 11.8 Å². The Bertz CT molecular complexity index is 966. The summed E-state index contributed by atoms with van der Waals surface area (Å²) in [4.78, 5) is 33.6. The Labute approximate surface area is 181 Å². The zero-order valence-electron chi connectivity index (χ0n) is 17.1. The van der Waals surface area contributed by atoms with Crippen molar-refractivity contribution in [3.63, 3.8) is 0 Å². The first-order valence-electron chi connectivity index (χ1n) is 10.3. The minimum absolute atomic E-state index is 0.0221. The van der Waals surface area contributed by atoms with Gasteiger partial charge in [0.25, 0.3) is 5.91 Å². The Morgan fingerprint density at radius 1 is 1.30 bits per heavy atom. The largest absolute Gasteiger partial charge is 0.330 e. The molecule has 1 aliphatic carbocycles. The fourth-order valence-electron chi connectivity index (χ4n) is 3.63. The first kappa shape index (κ1) is 20.6. The average Bonchev–Trinajstić information content (AvgIpc) is 3.44. The van der Waals surface area contributed by atoms with Gasteiger partial charge in [-0.2, -0.15) is 0 Å². The predicted octanol–water partition coefficient (Wildman–Crippen LogP) is 3.03. The van der Waals surface area contributed by atoms with E-state index in [1.807, 2.05) is 22.8 Å². The van der Waals surface area contributed by atoms with Gasteiger partial charge in [-0.1, -0.05) is 29.8 Å². The maximum absolute atomic E-state index is 12.7. The molecule has 158 valence electrons. The van der Waals surface area contributed by atoms with Crippen LogP contribution in [0.1, 0.15) is 29.2 Å². The molecule has 0 radical (unpaired) electrons. The van der Waals surface area contributed by atoms with Crippen LogP contribution in [-0.4, -0.2) is 57.8 Å². The van der Waals surface area contributed by atoms with Gasteiger partial charge < -0.3 is 19.7 Å². The van der Waals surface area contributed by atoms with Gasteiger partial charge in [0, 0.05) is 32.3 Å². The molecule has 1 fully saturated rings. The van der Waals surface area contributed by atoms with Gasteiger partial charge in [0.05, 0.1) is 23.5 Å². The van der Waals surface area contributed by atoms with Crippen LogP contribution in [0.2, 0.25) is 5.02 Å². The number of anilines is 1. The molecule has 1 N–H and O–H groups in total. The number of carbonyl (C=O) groups is 2. The summed E-state index contributed by atoms with van der Waals surface area (Å²) in [6.45, 7) is 3.33. The van der Waals surface area contributed by atoms with Crippen molar-refractivity contribution in [3.8, 4) is 0 Å². The Morgan fingerprint density at radius 2 is 2.10 bits per heavy atom. The molecule has 2 aromatic rings. The van der Waals surface area contributed by atoms with Crippen molar-refractivity contribution in [1.29, 1.82) is 0 Å². The van der Waals surface area contributed by atoms with E-state index in [4.69, 9.17) is 11.6 Å². The summed E-state index contributed by atoms with van der Waals surface area (Å²) < 4.78 is 1.86. The highest BCUT2D eigenvalue weighted by molar-refractivity contribution is 6.33. The number of benzene rings is 1. The van der Waals surface area contributed by atoms with Crippen LogP contribution in [0.3, 0.4) is 0 Å². The normalized spacial score (nSPS) is 16.2. The second-order valence-electron chi connectivity index (χ2n) is 7.97. The molecule has 0 saturated heterocycles. The lowest BCUT2D eigenvalue weighted by Gasteiger charge is -2.27. The van der Waals surface area contributed by atoms with E-state index in [9.17, 15) is 9.59 Å². The second-order valence-corrected chi connectivity index (χ2v) is 8.38. The zero-order valence-corrected chi connectivity index (χ0v) is 17.8. The highest BCUT2D eigenvalue weighted by atomic mass is 35.5. The SMILES string of the molecule is CN(C/C=C/C(=O)N1CCn2c(C(=O)Nc3ccccc3Cl)cnc2C1)CC1CC1. The molecule has 2 heterocycles. The van der Waals surface area contributed by atoms with Crippen LogP contribution in [-0.2, 0) is 17.9 Å². The average molecular weight is 428 g/mol. The third kappa shape index (κ3) is 4.91. The molecule has 0 spiro atoms. The van der Waals surface area contributed by atoms with Gasteiger partial charge in [0.1, 0.15) is 11.5 Å². The van der Waals surface area contributed by atoms with Crippen molar-refractivity contribution in [2.24, 2.45) is 5.92 Å². The van der Waals surface area contributed by atoms with Crippen molar-refractivity contribution < 1.29 is 9.59 Å². The van der Waals surface area contributed by atoms with Crippen molar-refractivity contribution >= 4 is 29.1 Å². The Morgan fingerprint density at radius 3 is 2.87 bits per heavy atom. The summed E-state index contributed by atoms with van der Waals surface area (Å²) in [7, 11) is 2.08. The van der Waals surface area contributed by atoms with Crippen LogP contribution >= 0.6 is 11.6 Å². The van der Waals surface area contributed by atoms with Crippen LogP contribution in [0.4, 0.5) is 5.69 Å². The molecular formula is C22H26ClN5O2. The smallest absolute Gasteiger partial charge is 0.273 e. The van der Waals surface area contributed by atoms with Crippen LogP contribution < -0.4 is 5.32 Å². The lowest BCUT2D eigenvalue weighted by atomic mass is 10.3. The monoisotopic (exact) mass is 427 g/mol. The summed E-state index contributed by atoms with van der Waals surface area (Å²) in [6, 6.07) is 7.10. The number of halogens is 1. The van der Waals surface area contributed by atoms with E-state index in [1.165, 1.54) is 12.8 Å². The number of carbonyl (C=O) groups excluding carboxylic acids is 2. The summed E-state index contributed by atoms with van der Waals surface area (Å²) in [6.07, 6.45) is 7.77. The quantitative estimate of drug-likeness (QED) is 0.689. The van der Waals surface area contributed by atoms with E-state index < -0.39 is 0 Å². The fourth-order valence-corrected chi connectivity index (χ4v) is 3.82. The van der Waals surface area contributed by atoms with Crippen molar-refractivity contribution in [3.05, 3.63) is 59.2 Å². The second kappa shape index (κ2) is 9.02. The van der Waals surface area contributed by atoms with E-state index in [1.54, 1.807) is 29.3 Å². The number of hydrogen-bond donors (Lipinski definition) is 1. The third-order valence-electron chi connectivity index (χ3n) is 5.47. The molecule has 8 heteroatoms. The first-order valence-corrected chi connectivity index (χ1v) is 10.6. The Kier molecular flexibility index (Phi) is 6.20. The summed E-state index contributed by atoms with van der Waals surface area (Å²) in [5.41, 5.74) is 1.03. The zero-order chi connectivity index (χ0) is 21.1. The molecule has 0 unspecified atom stereocenters. The highest BCUT2D eigenvalue weighted by Crippen LogP contribution is 2.29. The molecule has 7 nitrogen and oxygen atoms in total. The van der Waals surface area contributed by atoms with Gasteiger partial charge >= 0.3 is 0 Å². The van der Waals surface area contributed by atoms with Crippen molar-refractivity contribution in [1.82, 2.24) is 19.4 Å². The van der Waals surface area contributed by atoms with Gasteiger partial charge in [0.2, 0.25) is 5.91 Å². The molecule has 1 aromatic carbocycles. The van der Waals surface area contributed by atoms with Gasteiger partial charge in [-0.05, 0) is 37.9 Å². The number of fused-ring (bicyclic) bond motifs is 1. The molecule has 1 aromatic heterocycles. The van der Waals surface area contributed by atoms with E-state index in [0.717, 1.165) is 19.0 Å². The van der Waals surface area contributed by atoms with E-state index in [0.29, 0.717) is 41.9 Å². The van der Waals surface area contributed by atoms with Gasteiger partial charge in [-0.25, -0.2) is 4.98 Å². The maximum Gasteiger partial charge on any atom is 0.273 e. The van der Waals surface area contributed by atoms with E-state index in [2.05, 4.69) is 22.2 Å². The van der Waals surface area contributed by atoms with Gasteiger partial charge in [-0.3, -0.25) is 9.59 Å². The molecule has 30 heavy (non-hydrogen) atoms. The number of amides is 2. The molecule has 1 saturated carbocycles. The van der Waals surface area contributed by atoms with E-state index >= 15 is 0 Å². The van der Waals surface area contributed by atoms with Crippen molar-refractivity contribution in [2.45, 2.75) is 25.9 Å². The molecular weight excluding hydrogens is 402 g/mol. The number of nitrogens with one attached hydrogen (secondary N) is 1. The minimum Gasteiger partial charge on any atom is -0.330 e.